The summed E-state index contributed by atoms with van der Waals surface area (Å²) in [6, 6.07) is 15.9. The Morgan fingerprint density at radius 2 is 0.455 bits per heavy atom. The number of rotatable bonds is 6. The Kier molecular flexibility index (Phi) is 9.57. The minimum atomic E-state index is -4.65. The zero-order valence-corrected chi connectivity index (χ0v) is 23.6. The first-order chi connectivity index (χ1) is 20.3. The first kappa shape index (κ1) is 33.5. The van der Waals surface area contributed by atoms with Crippen molar-refractivity contribution in [1.29, 1.82) is 0 Å². The molecular weight excluding hydrogens is 650 g/mol. The summed E-state index contributed by atoms with van der Waals surface area (Å²) in [5.41, 5.74) is -3.82. The number of halogens is 12. The van der Waals surface area contributed by atoms with Crippen LogP contribution in [-0.2, 0) is 24.7 Å². The summed E-state index contributed by atoms with van der Waals surface area (Å²) in [4.78, 5) is 0. The smallest absolute Gasteiger partial charge is 0.166 e. The second kappa shape index (κ2) is 12.6. The van der Waals surface area contributed by atoms with Gasteiger partial charge < -0.3 is 0 Å². The minimum absolute atomic E-state index is 0.318. The molecule has 0 aliphatic carbocycles. The highest BCUT2D eigenvalue weighted by Crippen LogP contribution is 2.44. The SMILES string of the molecule is FC(F)(F)c1ccc(P(/C=C/P(c2ccc(C(F)(F)F)cc2)c2ccc(C(F)(F)F)cc2)c2ccc(C(F)(F)F)cc2)cc1. The van der Waals surface area contributed by atoms with Crippen LogP contribution in [0.3, 0.4) is 0 Å². The average Bonchev–Trinajstić information content (AvgIpc) is 2.94. The fourth-order valence-electron chi connectivity index (χ4n) is 4.02. The molecule has 0 nitrogen and oxygen atoms in total. The molecule has 0 saturated heterocycles. The van der Waals surface area contributed by atoms with Gasteiger partial charge in [0.15, 0.2) is 0 Å². The summed E-state index contributed by atoms with van der Waals surface area (Å²) in [6.07, 6.45) is -18.6. The standard InChI is InChI=1S/C30H18F12P2/c31-27(32,33)19-1-9-23(10-2-19)43(24-11-3-20(4-12-24)28(34,35)36)17-18-44(25-13-5-21(6-14-25)29(37,38)39)26-15-7-22(8-16-26)30(40,41)42/h1-18H/b18-17+. The number of benzene rings is 4. The molecule has 0 aliphatic heterocycles. The fraction of sp³-hybridized carbons (Fsp3) is 0.133. The average molecular weight is 668 g/mol. The summed E-state index contributed by atoms with van der Waals surface area (Å²) in [5.74, 6) is 3.06. The molecule has 4 aromatic rings. The normalized spacial score (nSPS) is 13.3. The van der Waals surface area contributed by atoms with Crippen LogP contribution in [0, 0.1) is 0 Å². The largest absolute Gasteiger partial charge is 0.416 e. The van der Waals surface area contributed by atoms with Crippen LogP contribution in [0.25, 0.3) is 0 Å². The van der Waals surface area contributed by atoms with Crippen LogP contribution in [-0.4, -0.2) is 0 Å². The monoisotopic (exact) mass is 668 g/mol. The van der Waals surface area contributed by atoms with Gasteiger partial charge >= 0.3 is 24.7 Å². The Morgan fingerprint density at radius 1 is 0.295 bits per heavy atom. The first-order valence-corrected chi connectivity index (χ1v) is 15.1. The third-order valence-electron chi connectivity index (χ3n) is 6.26. The third-order valence-corrected chi connectivity index (χ3v) is 10.8. The molecule has 44 heavy (non-hydrogen) atoms. The van der Waals surface area contributed by atoms with Crippen LogP contribution in [0.15, 0.2) is 109 Å². The van der Waals surface area contributed by atoms with E-state index in [1.807, 2.05) is 0 Å². The number of hydrogen-bond acceptors (Lipinski definition) is 0. The Bertz CT molecular complexity index is 1330. The fourth-order valence-corrected chi connectivity index (χ4v) is 8.25. The van der Waals surface area contributed by atoms with Crippen molar-refractivity contribution >= 4 is 37.1 Å². The minimum Gasteiger partial charge on any atom is -0.166 e. The molecule has 0 heterocycles. The Balaban J connectivity index is 1.82. The molecule has 0 saturated carbocycles. The van der Waals surface area contributed by atoms with Gasteiger partial charge in [-0.05, 0) is 85.6 Å². The third kappa shape index (κ3) is 8.21. The van der Waals surface area contributed by atoms with E-state index < -0.39 is 62.8 Å². The van der Waals surface area contributed by atoms with Gasteiger partial charge in [0.25, 0.3) is 0 Å². The topological polar surface area (TPSA) is 0 Å². The van der Waals surface area contributed by atoms with Gasteiger partial charge in [-0.3, -0.25) is 0 Å². The second-order valence-electron chi connectivity index (χ2n) is 9.22. The molecule has 0 fully saturated rings. The molecule has 4 aromatic carbocycles. The van der Waals surface area contributed by atoms with Crippen molar-refractivity contribution in [3.8, 4) is 0 Å². The van der Waals surface area contributed by atoms with E-state index in [1.165, 1.54) is 60.2 Å². The van der Waals surface area contributed by atoms with Gasteiger partial charge in [-0.1, -0.05) is 60.2 Å². The lowest BCUT2D eigenvalue weighted by molar-refractivity contribution is -0.138. The molecule has 232 valence electrons. The van der Waals surface area contributed by atoms with Crippen molar-refractivity contribution in [3.05, 3.63) is 131 Å². The first-order valence-electron chi connectivity index (χ1n) is 12.3. The zero-order chi connectivity index (χ0) is 32.5. The highest BCUT2D eigenvalue weighted by atomic mass is 31.1. The van der Waals surface area contributed by atoms with E-state index >= 15 is 0 Å². The molecular formula is C30H18F12P2. The summed E-state index contributed by atoms with van der Waals surface area (Å²) < 4.78 is 158. The van der Waals surface area contributed by atoms with Crippen molar-refractivity contribution in [2.45, 2.75) is 24.7 Å². The number of alkyl halides is 12. The lowest BCUT2D eigenvalue weighted by Gasteiger charge is -2.20. The van der Waals surface area contributed by atoms with Crippen LogP contribution in [0.2, 0.25) is 0 Å². The highest BCUT2D eigenvalue weighted by molar-refractivity contribution is 7.79. The number of hydrogen-bond donors (Lipinski definition) is 0. The van der Waals surface area contributed by atoms with E-state index in [0.717, 1.165) is 48.5 Å². The molecule has 0 aliphatic rings. The van der Waals surface area contributed by atoms with E-state index in [2.05, 4.69) is 0 Å². The molecule has 4 rings (SSSR count). The quantitative estimate of drug-likeness (QED) is 0.142. The van der Waals surface area contributed by atoms with Gasteiger partial charge in [0.2, 0.25) is 0 Å². The highest BCUT2D eigenvalue weighted by Gasteiger charge is 2.33. The molecule has 0 atom stereocenters. The molecule has 0 aromatic heterocycles. The van der Waals surface area contributed by atoms with Crippen LogP contribution in [0.4, 0.5) is 52.7 Å². The predicted molar refractivity (Wildman–Crippen MR) is 147 cm³/mol. The lowest BCUT2D eigenvalue weighted by Crippen LogP contribution is -2.15. The molecule has 0 bridgehead atoms. The Labute approximate surface area is 245 Å². The van der Waals surface area contributed by atoms with Crippen molar-refractivity contribution in [2.24, 2.45) is 0 Å². The van der Waals surface area contributed by atoms with E-state index in [0.29, 0.717) is 21.2 Å². The summed E-state index contributed by atoms with van der Waals surface area (Å²) in [5, 5.41) is 1.27. The van der Waals surface area contributed by atoms with Gasteiger partial charge in [-0.2, -0.15) is 52.7 Å². The maximum absolute atomic E-state index is 13.2. The van der Waals surface area contributed by atoms with Gasteiger partial charge in [0, 0.05) is 0 Å². The molecule has 0 radical (unpaired) electrons. The van der Waals surface area contributed by atoms with Crippen molar-refractivity contribution < 1.29 is 52.7 Å². The van der Waals surface area contributed by atoms with Gasteiger partial charge in [0.05, 0.1) is 22.3 Å². The summed E-state index contributed by atoms with van der Waals surface area (Å²) in [7, 11) is -3.54. The molecule has 0 amide bonds. The molecule has 0 spiro atoms. The van der Waals surface area contributed by atoms with Gasteiger partial charge in [-0.25, -0.2) is 0 Å². The van der Waals surface area contributed by atoms with Gasteiger partial charge in [-0.15, -0.1) is 0 Å². The molecule has 0 unspecified atom stereocenters. The zero-order valence-electron chi connectivity index (χ0n) is 21.8. The maximum Gasteiger partial charge on any atom is 0.416 e. The lowest BCUT2D eigenvalue weighted by atomic mass is 10.2. The summed E-state index contributed by atoms with van der Waals surface area (Å²) >= 11 is 0. The van der Waals surface area contributed by atoms with Gasteiger partial charge in [0.1, 0.15) is 0 Å². The van der Waals surface area contributed by atoms with Crippen LogP contribution in [0.5, 0.6) is 0 Å². The predicted octanol–water partition coefficient (Wildman–Crippen LogP) is 9.80. The second-order valence-corrected chi connectivity index (χ2v) is 13.4. The van der Waals surface area contributed by atoms with E-state index in [4.69, 9.17) is 0 Å². The Hall–Kier alpha value is -3.36. The van der Waals surface area contributed by atoms with Crippen LogP contribution in [0.1, 0.15) is 22.3 Å². The van der Waals surface area contributed by atoms with E-state index in [9.17, 15) is 52.7 Å². The summed E-state index contributed by atoms with van der Waals surface area (Å²) in [6.45, 7) is 0. The van der Waals surface area contributed by atoms with Crippen molar-refractivity contribution in [2.75, 3.05) is 0 Å². The molecule has 0 N–H and O–H groups in total. The maximum atomic E-state index is 13.2. The Morgan fingerprint density at radius 3 is 0.591 bits per heavy atom. The van der Waals surface area contributed by atoms with E-state index in [-0.39, 0.29) is 0 Å². The molecule has 14 heteroatoms. The van der Waals surface area contributed by atoms with Crippen molar-refractivity contribution in [3.63, 3.8) is 0 Å². The van der Waals surface area contributed by atoms with Crippen molar-refractivity contribution in [1.82, 2.24) is 0 Å². The van der Waals surface area contributed by atoms with Crippen LogP contribution < -0.4 is 21.2 Å². The van der Waals surface area contributed by atoms with Crippen LogP contribution >= 0.6 is 15.8 Å². The van der Waals surface area contributed by atoms with E-state index in [1.54, 1.807) is 0 Å².